The van der Waals surface area contributed by atoms with Crippen LogP contribution in [0.2, 0.25) is 5.02 Å². The molecule has 2 rings (SSSR count). The maximum atomic E-state index is 13.0. The number of halogens is 1. The maximum absolute atomic E-state index is 13.0. The molecule has 0 spiro atoms. The molecule has 2 aromatic carbocycles. The number of hydrogen-bond donors (Lipinski definition) is 1. The van der Waals surface area contributed by atoms with Gasteiger partial charge < -0.3 is 10.2 Å². The number of carbonyl (C=O) groups excluding carboxylic acids is 2. The molecule has 4 nitrogen and oxygen atoms in total. The fourth-order valence-electron chi connectivity index (χ4n) is 2.74. The van der Waals surface area contributed by atoms with Crippen molar-refractivity contribution in [1.29, 1.82) is 0 Å². The number of nitrogens with one attached hydrogen (secondary N) is 1. The van der Waals surface area contributed by atoms with Crippen LogP contribution in [-0.2, 0) is 22.6 Å². The van der Waals surface area contributed by atoms with E-state index in [0.29, 0.717) is 24.0 Å². The Labute approximate surface area is 166 Å². The van der Waals surface area contributed by atoms with E-state index in [-0.39, 0.29) is 18.2 Å². The monoisotopic (exact) mass is 386 g/mol. The van der Waals surface area contributed by atoms with Gasteiger partial charge in [0.25, 0.3) is 0 Å². The molecule has 0 aliphatic carbocycles. The molecule has 144 valence electrons. The number of nitrogens with zero attached hydrogens (tertiary/aromatic N) is 1. The van der Waals surface area contributed by atoms with Crippen LogP contribution in [0, 0.1) is 5.92 Å². The predicted octanol–water partition coefficient (Wildman–Crippen LogP) is 4.07. The lowest BCUT2D eigenvalue weighted by atomic mass is 10.1. The number of amides is 2. The molecule has 0 saturated carbocycles. The Morgan fingerprint density at radius 3 is 2.30 bits per heavy atom. The summed E-state index contributed by atoms with van der Waals surface area (Å²) >= 11 is 6.03. The highest BCUT2D eigenvalue weighted by molar-refractivity contribution is 6.30. The van der Waals surface area contributed by atoms with Gasteiger partial charge >= 0.3 is 0 Å². The van der Waals surface area contributed by atoms with Gasteiger partial charge in [-0.05, 0) is 36.1 Å². The quantitative estimate of drug-likeness (QED) is 0.743. The molecule has 27 heavy (non-hydrogen) atoms. The van der Waals surface area contributed by atoms with Crippen molar-refractivity contribution in [3.05, 3.63) is 70.7 Å². The molecule has 0 fully saturated rings. The Bertz CT molecular complexity index is 762. The minimum Gasteiger partial charge on any atom is -0.354 e. The van der Waals surface area contributed by atoms with Crippen LogP contribution in [-0.4, -0.2) is 29.3 Å². The lowest BCUT2D eigenvalue weighted by Gasteiger charge is -2.29. The maximum Gasteiger partial charge on any atom is 0.242 e. The summed E-state index contributed by atoms with van der Waals surface area (Å²) in [4.78, 5) is 27.2. The second-order valence-electron chi connectivity index (χ2n) is 7.13. The lowest BCUT2D eigenvalue weighted by Crippen LogP contribution is -2.48. The van der Waals surface area contributed by atoms with Gasteiger partial charge in [0.05, 0.1) is 6.42 Å². The van der Waals surface area contributed by atoms with Gasteiger partial charge in [-0.2, -0.15) is 0 Å². The molecule has 1 atom stereocenters. The highest BCUT2D eigenvalue weighted by Crippen LogP contribution is 2.15. The third kappa shape index (κ3) is 6.72. The van der Waals surface area contributed by atoms with E-state index in [1.54, 1.807) is 24.0 Å². The number of benzene rings is 2. The topological polar surface area (TPSA) is 49.4 Å². The molecule has 0 bridgehead atoms. The van der Waals surface area contributed by atoms with Crippen molar-refractivity contribution in [2.45, 2.75) is 39.8 Å². The molecule has 0 unspecified atom stereocenters. The van der Waals surface area contributed by atoms with Gasteiger partial charge in [-0.3, -0.25) is 9.59 Å². The first-order valence-corrected chi connectivity index (χ1v) is 9.60. The van der Waals surface area contributed by atoms with Gasteiger partial charge in [-0.1, -0.05) is 67.9 Å². The first kappa shape index (κ1) is 21.0. The Morgan fingerprint density at radius 1 is 1.00 bits per heavy atom. The average Bonchev–Trinajstić information content (AvgIpc) is 2.64. The van der Waals surface area contributed by atoms with E-state index in [2.05, 4.69) is 5.32 Å². The second kappa shape index (κ2) is 10.1. The zero-order valence-electron chi connectivity index (χ0n) is 16.1. The molecule has 0 aromatic heterocycles. The summed E-state index contributed by atoms with van der Waals surface area (Å²) in [6.45, 7) is 6.82. The van der Waals surface area contributed by atoms with E-state index in [9.17, 15) is 9.59 Å². The van der Waals surface area contributed by atoms with Crippen LogP contribution in [0.15, 0.2) is 54.6 Å². The summed E-state index contributed by atoms with van der Waals surface area (Å²) in [5.41, 5.74) is 1.82. The largest absolute Gasteiger partial charge is 0.354 e. The lowest BCUT2D eigenvalue weighted by molar-refractivity contribution is -0.140. The predicted molar refractivity (Wildman–Crippen MR) is 109 cm³/mol. The second-order valence-corrected chi connectivity index (χ2v) is 7.57. The molecule has 1 N–H and O–H groups in total. The molecule has 0 heterocycles. The van der Waals surface area contributed by atoms with E-state index < -0.39 is 6.04 Å². The van der Waals surface area contributed by atoms with Crippen LogP contribution in [0.25, 0.3) is 0 Å². The Hall–Kier alpha value is -2.33. The summed E-state index contributed by atoms with van der Waals surface area (Å²) in [5, 5.41) is 3.52. The Kier molecular flexibility index (Phi) is 7.86. The Balaban J connectivity index is 2.17. The summed E-state index contributed by atoms with van der Waals surface area (Å²) in [5.74, 6) is 0.110. The smallest absolute Gasteiger partial charge is 0.242 e. The van der Waals surface area contributed by atoms with Crippen LogP contribution < -0.4 is 5.32 Å². The molecule has 0 aliphatic rings. The molecule has 2 aromatic rings. The molecular weight excluding hydrogens is 360 g/mol. The van der Waals surface area contributed by atoms with Gasteiger partial charge in [0.1, 0.15) is 6.04 Å². The number of carbonyl (C=O) groups is 2. The van der Waals surface area contributed by atoms with Crippen molar-refractivity contribution in [1.82, 2.24) is 10.2 Å². The Morgan fingerprint density at radius 2 is 1.67 bits per heavy atom. The van der Waals surface area contributed by atoms with Crippen molar-refractivity contribution in [3.8, 4) is 0 Å². The number of rotatable bonds is 8. The minimum absolute atomic E-state index is 0.103. The summed E-state index contributed by atoms with van der Waals surface area (Å²) in [6.07, 6.45) is 0.204. The van der Waals surface area contributed by atoms with Gasteiger partial charge in [-0.25, -0.2) is 0 Å². The highest BCUT2D eigenvalue weighted by atomic mass is 35.5. The normalized spacial score (nSPS) is 11.9. The third-order valence-corrected chi connectivity index (χ3v) is 4.53. The van der Waals surface area contributed by atoms with Crippen molar-refractivity contribution < 1.29 is 9.59 Å². The molecule has 0 saturated heterocycles. The van der Waals surface area contributed by atoms with Crippen LogP contribution in [0.4, 0.5) is 0 Å². The van der Waals surface area contributed by atoms with E-state index in [4.69, 9.17) is 11.6 Å². The fraction of sp³-hybridized carbons (Fsp3) is 0.364. The van der Waals surface area contributed by atoms with E-state index >= 15 is 0 Å². The van der Waals surface area contributed by atoms with Crippen LogP contribution >= 0.6 is 11.6 Å². The first-order chi connectivity index (χ1) is 12.9. The molecular formula is C22H27ClN2O2. The molecule has 5 heteroatoms. The first-order valence-electron chi connectivity index (χ1n) is 9.22. The third-order valence-electron chi connectivity index (χ3n) is 4.29. The van der Waals surface area contributed by atoms with Gasteiger partial charge in [0, 0.05) is 18.1 Å². The van der Waals surface area contributed by atoms with Crippen LogP contribution in [0.5, 0.6) is 0 Å². The van der Waals surface area contributed by atoms with Crippen molar-refractivity contribution in [2.24, 2.45) is 5.92 Å². The van der Waals surface area contributed by atoms with E-state index in [1.165, 1.54) is 0 Å². The highest BCUT2D eigenvalue weighted by Gasteiger charge is 2.26. The van der Waals surface area contributed by atoms with Crippen molar-refractivity contribution in [2.75, 3.05) is 6.54 Å². The van der Waals surface area contributed by atoms with Gasteiger partial charge in [0.15, 0.2) is 0 Å². The zero-order valence-corrected chi connectivity index (χ0v) is 16.9. The summed E-state index contributed by atoms with van der Waals surface area (Å²) in [7, 11) is 0. The minimum atomic E-state index is -0.560. The zero-order chi connectivity index (χ0) is 19.8. The van der Waals surface area contributed by atoms with Crippen molar-refractivity contribution >= 4 is 23.4 Å². The fourth-order valence-corrected chi connectivity index (χ4v) is 2.95. The van der Waals surface area contributed by atoms with Crippen LogP contribution in [0.1, 0.15) is 31.9 Å². The summed E-state index contributed by atoms with van der Waals surface area (Å²) in [6, 6.07) is 16.4. The van der Waals surface area contributed by atoms with Crippen LogP contribution in [0.3, 0.4) is 0 Å². The SMILES string of the molecule is CC(C)CNC(=O)[C@@H](C)N(Cc1ccccc1)C(=O)Cc1cccc(Cl)c1. The van der Waals surface area contributed by atoms with E-state index in [0.717, 1.165) is 11.1 Å². The van der Waals surface area contributed by atoms with Gasteiger partial charge in [-0.15, -0.1) is 0 Å². The van der Waals surface area contributed by atoms with Crippen molar-refractivity contribution in [3.63, 3.8) is 0 Å². The molecule has 0 aliphatic heterocycles. The molecule has 2 amide bonds. The average molecular weight is 387 g/mol. The van der Waals surface area contributed by atoms with E-state index in [1.807, 2.05) is 56.3 Å². The standard InChI is InChI=1S/C22H27ClN2O2/c1-16(2)14-24-22(27)17(3)25(15-18-8-5-4-6-9-18)21(26)13-19-10-7-11-20(23)12-19/h4-12,16-17H,13-15H2,1-3H3,(H,24,27)/t17-/m1/s1. The summed E-state index contributed by atoms with van der Waals surface area (Å²) < 4.78 is 0. The molecule has 0 radical (unpaired) electrons. The van der Waals surface area contributed by atoms with Gasteiger partial charge in [0.2, 0.25) is 11.8 Å². The number of hydrogen-bond acceptors (Lipinski definition) is 2.